The van der Waals surface area contributed by atoms with Crippen molar-refractivity contribution in [1.29, 1.82) is 0 Å². The normalized spacial score (nSPS) is 23.2. The van der Waals surface area contributed by atoms with Gasteiger partial charge in [0.1, 0.15) is 0 Å². The van der Waals surface area contributed by atoms with Gasteiger partial charge in [0.15, 0.2) is 0 Å². The lowest BCUT2D eigenvalue weighted by Crippen LogP contribution is -2.55. The molecule has 42 heavy (non-hydrogen) atoms. The number of hydrogen-bond acceptors (Lipinski definition) is 5. The van der Waals surface area contributed by atoms with Gasteiger partial charge in [0.05, 0.1) is 16.5 Å². The van der Waals surface area contributed by atoms with Crippen LogP contribution in [0.25, 0.3) is 0 Å². The van der Waals surface area contributed by atoms with Gasteiger partial charge in [-0.3, -0.25) is 4.79 Å². The first-order valence-corrected chi connectivity index (χ1v) is 16.5. The van der Waals surface area contributed by atoms with E-state index in [9.17, 15) is 26.4 Å². The molecule has 0 bridgehead atoms. The number of fused-ring (bicyclic) bond motifs is 1. The van der Waals surface area contributed by atoms with Gasteiger partial charge in [0.25, 0.3) is 0 Å². The molecule has 2 saturated heterocycles. The number of sulfonamides is 1. The summed E-state index contributed by atoms with van der Waals surface area (Å²) in [5, 5.41) is 6.26. The van der Waals surface area contributed by atoms with Crippen LogP contribution in [0.5, 0.6) is 0 Å². The molecule has 3 aliphatic rings. The lowest BCUT2D eigenvalue weighted by molar-refractivity contribution is -0.137. The summed E-state index contributed by atoms with van der Waals surface area (Å²) in [6.45, 7) is 6.32. The number of alkyl halides is 3. The van der Waals surface area contributed by atoms with Crippen LogP contribution in [0.3, 0.4) is 0 Å². The highest BCUT2D eigenvalue weighted by Crippen LogP contribution is 2.34. The zero-order chi connectivity index (χ0) is 29.9. The average Bonchev–Trinajstić information content (AvgIpc) is 2.97. The summed E-state index contributed by atoms with van der Waals surface area (Å²) in [6.07, 6.45) is 1.83. The third kappa shape index (κ3) is 7.18. The summed E-state index contributed by atoms with van der Waals surface area (Å²) in [5.74, 6) is 0.153. The van der Waals surface area contributed by atoms with E-state index in [1.807, 2.05) is 0 Å². The van der Waals surface area contributed by atoms with Crippen LogP contribution in [-0.2, 0) is 27.4 Å². The van der Waals surface area contributed by atoms with Crippen molar-refractivity contribution in [3.05, 3.63) is 64.7 Å². The molecule has 2 N–H and O–H groups in total. The first kappa shape index (κ1) is 31.0. The first-order valence-electron chi connectivity index (χ1n) is 15.1. The topological polar surface area (TPSA) is 81.8 Å². The standard InChI is InChI=1S/C31H41F3N4O3S/c1-22(21-37-14-3-2-4-15-37)23-11-12-28-24(17-23)7-5-10-29(28)36-30(39)19-26-20-35-13-16-38(26)42(40,41)27-9-6-8-25(18-27)31(32,33)34/h6,8-9,11-12,17-18,22,26,29,35H,2-5,7,10,13-16,19-21H2,1H3,(H,36,39). The van der Waals surface area contributed by atoms with Crippen LogP contribution in [0, 0.1) is 0 Å². The van der Waals surface area contributed by atoms with Gasteiger partial charge in [-0.05, 0) is 86.0 Å². The maximum atomic E-state index is 13.4. The minimum Gasteiger partial charge on any atom is -0.349 e. The van der Waals surface area contributed by atoms with E-state index < -0.39 is 32.7 Å². The molecule has 2 aromatic rings. The SMILES string of the molecule is CC(CN1CCCCC1)c1ccc2c(c1)CCCC2NC(=O)CC1CNCCN1S(=O)(=O)c1cccc(C(F)(F)F)c1. The highest BCUT2D eigenvalue weighted by molar-refractivity contribution is 7.89. The van der Waals surface area contributed by atoms with Crippen LogP contribution in [0.1, 0.15) is 79.7 Å². The summed E-state index contributed by atoms with van der Waals surface area (Å²) in [5.41, 5.74) is 2.66. The fourth-order valence-electron chi connectivity index (χ4n) is 6.59. The molecule has 0 saturated carbocycles. The Morgan fingerprint density at radius 2 is 1.86 bits per heavy atom. The predicted molar refractivity (Wildman–Crippen MR) is 156 cm³/mol. The van der Waals surface area contributed by atoms with E-state index in [2.05, 4.69) is 40.7 Å². The Bertz CT molecular complexity index is 1360. The summed E-state index contributed by atoms with van der Waals surface area (Å²) in [6, 6.07) is 9.51. The van der Waals surface area contributed by atoms with Crippen LogP contribution in [0.2, 0.25) is 0 Å². The van der Waals surface area contributed by atoms with Gasteiger partial charge >= 0.3 is 6.18 Å². The second kappa shape index (κ2) is 13.0. The summed E-state index contributed by atoms with van der Waals surface area (Å²) in [7, 11) is -4.24. The molecule has 1 amide bonds. The Balaban J connectivity index is 1.25. The zero-order valence-electron chi connectivity index (χ0n) is 24.1. The van der Waals surface area contributed by atoms with E-state index in [1.54, 1.807) is 0 Å². The minimum absolute atomic E-state index is 0.0706. The Morgan fingerprint density at radius 1 is 1.07 bits per heavy atom. The van der Waals surface area contributed by atoms with Gasteiger partial charge in [-0.15, -0.1) is 0 Å². The first-order chi connectivity index (χ1) is 20.0. The van der Waals surface area contributed by atoms with E-state index in [0.717, 1.165) is 43.5 Å². The Hall–Kier alpha value is -2.47. The number of piperidine rings is 1. The molecule has 3 unspecified atom stereocenters. The maximum absolute atomic E-state index is 13.4. The van der Waals surface area contributed by atoms with Crippen molar-refractivity contribution in [2.45, 2.75) is 80.9 Å². The lowest BCUT2D eigenvalue weighted by Gasteiger charge is -2.35. The van der Waals surface area contributed by atoms with Crippen molar-refractivity contribution in [3.8, 4) is 0 Å². The molecule has 2 aromatic carbocycles. The molecule has 230 valence electrons. The van der Waals surface area contributed by atoms with E-state index in [1.165, 1.54) is 53.9 Å². The van der Waals surface area contributed by atoms with Crippen molar-refractivity contribution in [3.63, 3.8) is 0 Å². The number of piperazine rings is 1. The second-order valence-corrected chi connectivity index (χ2v) is 13.8. The molecule has 11 heteroatoms. The summed E-state index contributed by atoms with van der Waals surface area (Å²) < 4.78 is 67.8. The molecule has 7 nitrogen and oxygen atoms in total. The number of likely N-dealkylation sites (tertiary alicyclic amines) is 1. The van der Waals surface area contributed by atoms with Gasteiger partial charge in [0, 0.05) is 38.6 Å². The third-order valence-corrected chi connectivity index (χ3v) is 10.8. The number of nitrogens with zero attached hydrogens (tertiary/aromatic N) is 2. The molecule has 1 aliphatic carbocycles. The maximum Gasteiger partial charge on any atom is 0.416 e. The number of carbonyl (C=O) groups excluding carboxylic acids is 1. The van der Waals surface area contributed by atoms with Crippen molar-refractivity contribution in [2.75, 3.05) is 39.3 Å². The average molecular weight is 607 g/mol. The van der Waals surface area contributed by atoms with Crippen molar-refractivity contribution < 1.29 is 26.4 Å². The van der Waals surface area contributed by atoms with E-state index in [0.29, 0.717) is 18.5 Å². The number of aryl methyl sites for hydroxylation is 1. The van der Waals surface area contributed by atoms with Crippen LogP contribution >= 0.6 is 0 Å². The number of carbonyl (C=O) groups is 1. The lowest BCUT2D eigenvalue weighted by atomic mass is 9.84. The van der Waals surface area contributed by atoms with Crippen molar-refractivity contribution in [2.24, 2.45) is 0 Å². The molecule has 2 heterocycles. The van der Waals surface area contributed by atoms with Crippen LogP contribution < -0.4 is 10.6 Å². The van der Waals surface area contributed by atoms with Gasteiger partial charge in [-0.1, -0.05) is 37.6 Å². The van der Waals surface area contributed by atoms with E-state index in [-0.39, 0.29) is 31.5 Å². The Morgan fingerprint density at radius 3 is 2.62 bits per heavy atom. The van der Waals surface area contributed by atoms with Gasteiger partial charge in [-0.25, -0.2) is 8.42 Å². The summed E-state index contributed by atoms with van der Waals surface area (Å²) in [4.78, 5) is 15.4. The fourth-order valence-corrected chi connectivity index (χ4v) is 8.26. The minimum atomic E-state index is -4.66. The highest BCUT2D eigenvalue weighted by Gasteiger charge is 2.37. The molecular formula is C31H41F3N4O3S. The highest BCUT2D eigenvalue weighted by atomic mass is 32.2. The molecule has 5 rings (SSSR count). The Labute approximate surface area is 246 Å². The Kier molecular flexibility index (Phi) is 9.61. The number of hydrogen-bond donors (Lipinski definition) is 2. The smallest absolute Gasteiger partial charge is 0.349 e. The van der Waals surface area contributed by atoms with Gasteiger partial charge < -0.3 is 15.5 Å². The van der Waals surface area contributed by atoms with Crippen LogP contribution in [0.4, 0.5) is 13.2 Å². The molecule has 2 fully saturated rings. The van der Waals surface area contributed by atoms with Crippen LogP contribution in [0.15, 0.2) is 47.4 Å². The van der Waals surface area contributed by atoms with Gasteiger partial charge in [-0.2, -0.15) is 17.5 Å². The molecule has 0 spiro atoms. The molecule has 0 aromatic heterocycles. The summed E-state index contributed by atoms with van der Waals surface area (Å²) >= 11 is 0. The number of halogens is 3. The molecule has 3 atom stereocenters. The van der Waals surface area contributed by atoms with Crippen molar-refractivity contribution >= 4 is 15.9 Å². The quantitative estimate of drug-likeness (QED) is 0.450. The predicted octanol–water partition coefficient (Wildman–Crippen LogP) is 4.84. The van der Waals surface area contributed by atoms with E-state index >= 15 is 0 Å². The van der Waals surface area contributed by atoms with Crippen LogP contribution in [-0.4, -0.2) is 68.8 Å². The number of amides is 1. The third-order valence-electron chi connectivity index (χ3n) is 8.85. The van der Waals surface area contributed by atoms with Crippen molar-refractivity contribution in [1.82, 2.24) is 19.8 Å². The molecule has 2 aliphatic heterocycles. The van der Waals surface area contributed by atoms with E-state index in [4.69, 9.17) is 0 Å². The molecule has 0 radical (unpaired) electrons. The van der Waals surface area contributed by atoms with Gasteiger partial charge in [0.2, 0.25) is 15.9 Å². The number of benzene rings is 2. The number of nitrogens with one attached hydrogen (secondary N) is 2. The zero-order valence-corrected chi connectivity index (χ0v) is 24.9. The number of rotatable bonds is 8. The second-order valence-electron chi connectivity index (χ2n) is 11.9. The fraction of sp³-hybridized carbons (Fsp3) is 0.581. The largest absolute Gasteiger partial charge is 0.416 e. The monoisotopic (exact) mass is 606 g/mol. The molecular weight excluding hydrogens is 565 g/mol.